The molecule has 0 aliphatic carbocycles. The van der Waals surface area contributed by atoms with Gasteiger partial charge in [-0.1, -0.05) is 6.92 Å². The van der Waals surface area contributed by atoms with Crippen molar-refractivity contribution in [3.05, 3.63) is 0 Å². The lowest BCUT2D eigenvalue weighted by molar-refractivity contribution is 0.0116. The molecule has 0 bridgehead atoms. The fraction of sp³-hybridized carbons (Fsp3) is 1.00. The Morgan fingerprint density at radius 1 is 1.07 bits per heavy atom. The van der Waals surface area contributed by atoms with Crippen molar-refractivity contribution in [3.63, 3.8) is 0 Å². The molecule has 0 aromatic carbocycles. The molecule has 1 unspecified atom stereocenters. The van der Waals surface area contributed by atoms with Crippen molar-refractivity contribution in [2.45, 2.75) is 45.1 Å². The molecule has 90 valence electrons. The molecule has 1 fully saturated rings. The van der Waals surface area contributed by atoms with E-state index in [4.69, 9.17) is 4.74 Å². The molecule has 1 atom stereocenters. The summed E-state index contributed by atoms with van der Waals surface area (Å²) in [5.41, 5.74) is 0. The third-order valence-electron chi connectivity index (χ3n) is 2.82. The molecule has 1 aliphatic rings. The monoisotopic (exact) mass is 214 g/mol. The number of nitrogens with one attached hydrogen (secondary N) is 2. The number of rotatable bonds is 8. The van der Waals surface area contributed by atoms with Crippen LogP contribution in [0.2, 0.25) is 0 Å². The highest BCUT2D eigenvalue weighted by molar-refractivity contribution is 4.65. The Hall–Kier alpha value is -0.120. The van der Waals surface area contributed by atoms with Crippen LogP contribution in [0.1, 0.15) is 39.0 Å². The fourth-order valence-electron chi connectivity index (χ4n) is 1.90. The maximum absolute atomic E-state index is 5.67. The fourth-order valence-corrected chi connectivity index (χ4v) is 1.90. The molecule has 1 heterocycles. The average Bonchev–Trinajstić information content (AvgIpc) is 2.29. The summed E-state index contributed by atoms with van der Waals surface area (Å²) in [6.45, 7) is 7.56. The molecular weight excluding hydrogens is 188 g/mol. The SMILES string of the molecule is CCCNCCNCCC1CCCCO1. The lowest BCUT2D eigenvalue weighted by atomic mass is 10.1. The van der Waals surface area contributed by atoms with Gasteiger partial charge in [-0.05, 0) is 45.2 Å². The van der Waals surface area contributed by atoms with Crippen LogP contribution in [-0.4, -0.2) is 38.9 Å². The normalized spacial score (nSPS) is 21.8. The van der Waals surface area contributed by atoms with E-state index >= 15 is 0 Å². The molecule has 0 radical (unpaired) electrons. The van der Waals surface area contributed by atoms with Crippen molar-refractivity contribution in [2.75, 3.05) is 32.8 Å². The van der Waals surface area contributed by atoms with Crippen LogP contribution in [0.3, 0.4) is 0 Å². The van der Waals surface area contributed by atoms with E-state index in [2.05, 4.69) is 17.6 Å². The highest BCUT2D eigenvalue weighted by atomic mass is 16.5. The van der Waals surface area contributed by atoms with E-state index in [1.54, 1.807) is 0 Å². The van der Waals surface area contributed by atoms with Gasteiger partial charge < -0.3 is 15.4 Å². The Balaban J connectivity index is 1.79. The van der Waals surface area contributed by atoms with Crippen LogP contribution in [0.4, 0.5) is 0 Å². The number of hydrogen-bond acceptors (Lipinski definition) is 3. The number of hydrogen-bond donors (Lipinski definition) is 2. The highest BCUT2D eigenvalue weighted by Crippen LogP contribution is 2.14. The zero-order valence-electron chi connectivity index (χ0n) is 10.1. The second-order valence-electron chi connectivity index (χ2n) is 4.28. The maximum atomic E-state index is 5.67. The topological polar surface area (TPSA) is 33.3 Å². The minimum absolute atomic E-state index is 0.523. The summed E-state index contributed by atoms with van der Waals surface area (Å²) in [7, 11) is 0. The van der Waals surface area contributed by atoms with Crippen molar-refractivity contribution in [1.82, 2.24) is 10.6 Å². The standard InChI is InChI=1S/C12H26N2O/c1-2-7-13-9-10-14-8-6-12-5-3-4-11-15-12/h12-14H,2-11H2,1H3. The largest absolute Gasteiger partial charge is 0.378 e. The zero-order valence-corrected chi connectivity index (χ0v) is 10.1. The van der Waals surface area contributed by atoms with E-state index in [9.17, 15) is 0 Å². The predicted octanol–water partition coefficient (Wildman–Crippen LogP) is 1.53. The van der Waals surface area contributed by atoms with Crippen LogP contribution in [0.25, 0.3) is 0 Å². The summed E-state index contributed by atoms with van der Waals surface area (Å²) < 4.78 is 5.67. The van der Waals surface area contributed by atoms with Crippen LogP contribution in [0.5, 0.6) is 0 Å². The molecule has 0 aromatic rings. The van der Waals surface area contributed by atoms with Gasteiger partial charge >= 0.3 is 0 Å². The van der Waals surface area contributed by atoms with Gasteiger partial charge in [0.2, 0.25) is 0 Å². The van der Waals surface area contributed by atoms with E-state index in [-0.39, 0.29) is 0 Å². The lowest BCUT2D eigenvalue weighted by Gasteiger charge is -2.22. The third-order valence-corrected chi connectivity index (χ3v) is 2.82. The Morgan fingerprint density at radius 3 is 2.53 bits per heavy atom. The van der Waals surface area contributed by atoms with Crippen molar-refractivity contribution in [3.8, 4) is 0 Å². The molecule has 0 saturated carbocycles. The first-order chi connectivity index (χ1) is 7.43. The minimum Gasteiger partial charge on any atom is -0.378 e. The lowest BCUT2D eigenvalue weighted by Crippen LogP contribution is -2.30. The van der Waals surface area contributed by atoms with Crippen molar-refractivity contribution in [1.29, 1.82) is 0 Å². The van der Waals surface area contributed by atoms with Gasteiger partial charge in [-0.2, -0.15) is 0 Å². The summed E-state index contributed by atoms with van der Waals surface area (Å²) in [6.07, 6.45) is 6.78. The van der Waals surface area contributed by atoms with Gasteiger partial charge in [-0.25, -0.2) is 0 Å². The van der Waals surface area contributed by atoms with Crippen LogP contribution in [0.15, 0.2) is 0 Å². The third kappa shape index (κ3) is 6.88. The molecule has 1 saturated heterocycles. The van der Waals surface area contributed by atoms with Gasteiger partial charge in [0.05, 0.1) is 6.10 Å². The van der Waals surface area contributed by atoms with Gasteiger partial charge in [0, 0.05) is 19.7 Å². The zero-order chi connectivity index (χ0) is 10.8. The molecule has 15 heavy (non-hydrogen) atoms. The van der Waals surface area contributed by atoms with E-state index in [1.165, 1.54) is 32.1 Å². The second kappa shape index (κ2) is 9.13. The van der Waals surface area contributed by atoms with Gasteiger partial charge in [-0.3, -0.25) is 0 Å². The summed E-state index contributed by atoms with van der Waals surface area (Å²) in [5, 5.41) is 6.83. The molecular formula is C12H26N2O. The van der Waals surface area contributed by atoms with Crippen molar-refractivity contribution in [2.24, 2.45) is 0 Å². The highest BCUT2D eigenvalue weighted by Gasteiger charge is 2.12. The van der Waals surface area contributed by atoms with E-state index in [1.807, 2.05) is 0 Å². The summed E-state index contributed by atoms with van der Waals surface area (Å²) in [5.74, 6) is 0. The van der Waals surface area contributed by atoms with Crippen LogP contribution in [-0.2, 0) is 4.74 Å². The van der Waals surface area contributed by atoms with Gasteiger partial charge in [0.25, 0.3) is 0 Å². The molecule has 3 heteroatoms. The average molecular weight is 214 g/mol. The van der Waals surface area contributed by atoms with E-state index in [0.717, 1.165) is 32.8 Å². The first kappa shape index (κ1) is 12.9. The van der Waals surface area contributed by atoms with Crippen LogP contribution in [0, 0.1) is 0 Å². The Kier molecular flexibility index (Phi) is 7.88. The van der Waals surface area contributed by atoms with E-state index in [0.29, 0.717) is 6.10 Å². The molecule has 0 amide bonds. The smallest absolute Gasteiger partial charge is 0.0587 e. The molecule has 0 aromatic heterocycles. The van der Waals surface area contributed by atoms with E-state index < -0.39 is 0 Å². The Bertz CT molecular complexity index is 136. The summed E-state index contributed by atoms with van der Waals surface area (Å²) >= 11 is 0. The molecule has 3 nitrogen and oxygen atoms in total. The van der Waals surface area contributed by atoms with Crippen LogP contribution >= 0.6 is 0 Å². The quantitative estimate of drug-likeness (QED) is 0.601. The molecule has 0 spiro atoms. The summed E-state index contributed by atoms with van der Waals surface area (Å²) in [6, 6.07) is 0. The first-order valence-corrected chi connectivity index (χ1v) is 6.46. The molecule has 1 rings (SSSR count). The summed E-state index contributed by atoms with van der Waals surface area (Å²) in [4.78, 5) is 0. The predicted molar refractivity (Wildman–Crippen MR) is 64.2 cm³/mol. The second-order valence-corrected chi connectivity index (χ2v) is 4.28. The van der Waals surface area contributed by atoms with Crippen molar-refractivity contribution < 1.29 is 4.74 Å². The van der Waals surface area contributed by atoms with Crippen molar-refractivity contribution >= 4 is 0 Å². The van der Waals surface area contributed by atoms with Gasteiger partial charge in [-0.15, -0.1) is 0 Å². The van der Waals surface area contributed by atoms with Crippen LogP contribution < -0.4 is 10.6 Å². The Labute approximate surface area is 94.0 Å². The Morgan fingerprint density at radius 2 is 1.87 bits per heavy atom. The molecule has 1 aliphatic heterocycles. The number of ether oxygens (including phenoxy) is 1. The first-order valence-electron chi connectivity index (χ1n) is 6.46. The minimum atomic E-state index is 0.523. The molecule has 2 N–H and O–H groups in total. The maximum Gasteiger partial charge on any atom is 0.0587 e. The van der Waals surface area contributed by atoms with Gasteiger partial charge in [0.1, 0.15) is 0 Å². The van der Waals surface area contributed by atoms with Gasteiger partial charge in [0.15, 0.2) is 0 Å².